The summed E-state index contributed by atoms with van der Waals surface area (Å²) in [5.41, 5.74) is 6.66. The first-order valence-corrected chi connectivity index (χ1v) is 7.11. The summed E-state index contributed by atoms with van der Waals surface area (Å²) in [6, 6.07) is 8.13. The fraction of sp³-hybridized carbons (Fsp3) is 0.500. The number of hydrogen-bond acceptors (Lipinski definition) is 2. The molecule has 18 heavy (non-hydrogen) atoms. The molecule has 0 heterocycles. The lowest BCUT2D eigenvalue weighted by Crippen LogP contribution is -2.30. The van der Waals surface area contributed by atoms with Gasteiger partial charge in [-0.1, -0.05) is 41.9 Å². The Balaban J connectivity index is 2.61. The molecule has 0 bridgehead atoms. The second-order valence-electron chi connectivity index (χ2n) is 4.62. The molecule has 1 amide bonds. The van der Waals surface area contributed by atoms with Crippen molar-refractivity contribution < 1.29 is 4.79 Å². The summed E-state index contributed by atoms with van der Waals surface area (Å²) in [7, 11) is 0. The molecule has 0 aromatic heterocycles. The Kier molecular flexibility index (Phi) is 6.36. The Labute approximate surface area is 117 Å². The van der Waals surface area contributed by atoms with Crippen LogP contribution in [0.4, 0.5) is 0 Å². The van der Waals surface area contributed by atoms with Gasteiger partial charge in [0.05, 0.1) is 6.04 Å². The molecule has 1 aromatic carbocycles. The third-order valence-corrected chi connectivity index (χ3v) is 3.48. The molecule has 0 saturated heterocycles. The SMILES string of the molecule is CCC(NC(=O)CC(C)CN)c1ccc(Br)cc1. The second kappa shape index (κ2) is 7.54. The van der Waals surface area contributed by atoms with Crippen molar-refractivity contribution in [1.29, 1.82) is 0 Å². The van der Waals surface area contributed by atoms with E-state index in [0.29, 0.717) is 13.0 Å². The van der Waals surface area contributed by atoms with Crippen molar-refractivity contribution in [3.05, 3.63) is 34.3 Å². The van der Waals surface area contributed by atoms with Gasteiger partial charge in [0.2, 0.25) is 5.91 Å². The Morgan fingerprint density at radius 1 is 1.39 bits per heavy atom. The summed E-state index contributed by atoms with van der Waals surface area (Å²) in [5.74, 6) is 0.301. The zero-order valence-electron chi connectivity index (χ0n) is 10.9. The van der Waals surface area contributed by atoms with Crippen molar-refractivity contribution in [2.75, 3.05) is 6.54 Å². The first-order chi connectivity index (χ1) is 8.56. The van der Waals surface area contributed by atoms with Gasteiger partial charge in [-0.05, 0) is 36.6 Å². The number of halogens is 1. The fourth-order valence-corrected chi connectivity index (χ4v) is 2.03. The highest BCUT2D eigenvalue weighted by Crippen LogP contribution is 2.19. The maximum atomic E-state index is 11.8. The number of nitrogens with two attached hydrogens (primary N) is 1. The van der Waals surface area contributed by atoms with Crippen molar-refractivity contribution >= 4 is 21.8 Å². The van der Waals surface area contributed by atoms with Gasteiger partial charge in [0.15, 0.2) is 0 Å². The van der Waals surface area contributed by atoms with Crippen molar-refractivity contribution in [3.8, 4) is 0 Å². The molecule has 0 aliphatic heterocycles. The summed E-state index contributed by atoms with van der Waals surface area (Å²) in [4.78, 5) is 11.8. The number of amides is 1. The van der Waals surface area contributed by atoms with Gasteiger partial charge in [0.1, 0.15) is 0 Å². The van der Waals surface area contributed by atoms with Crippen LogP contribution in [0.25, 0.3) is 0 Å². The van der Waals surface area contributed by atoms with E-state index in [2.05, 4.69) is 28.2 Å². The van der Waals surface area contributed by atoms with Crippen LogP contribution in [-0.2, 0) is 4.79 Å². The van der Waals surface area contributed by atoms with Gasteiger partial charge in [-0.15, -0.1) is 0 Å². The van der Waals surface area contributed by atoms with E-state index in [1.165, 1.54) is 0 Å². The first kappa shape index (κ1) is 15.2. The number of carbonyl (C=O) groups excluding carboxylic acids is 1. The van der Waals surface area contributed by atoms with Gasteiger partial charge in [-0.25, -0.2) is 0 Å². The maximum absolute atomic E-state index is 11.8. The zero-order chi connectivity index (χ0) is 13.5. The Hall–Kier alpha value is -0.870. The third-order valence-electron chi connectivity index (χ3n) is 2.95. The molecule has 3 N–H and O–H groups in total. The molecule has 0 saturated carbocycles. The maximum Gasteiger partial charge on any atom is 0.220 e. The first-order valence-electron chi connectivity index (χ1n) is 6.31. The number of carbonyl (C=O) groups is 1. The monoisotopic (exact) mass is 312 g/mol. The fourth-order valence-electron chi connectivity index (χ4n) is 1.77. The molecule has 0 spiro atoms. The summed E-state index contributed by atoms with van der Waals surface area (Å²) >= 11 is 3.41. The third kappa shape index (κ3) is 4.78. The topological polar surface area (TPSA) is 55.1 Å². The average molecular weight is 313 g/mol. The van der Waals surface area contributed by atoms with Crippen molar-refractivity contribution in [2.45, 2.75) is 32.7 Å². The van der Waals surface area contributed by atoms with E-state index in [-0.39, 0.29) is 17.9 Å². The predicted octanol–water partition coefficient (Wildman–Crippen LogP) is 3.00. The average Bonchev–Trinajstić information content (AvgIpc) is 2.37. The van der Waals surface area contributed by atoms with E-state index in [9.17, 15) is 4.79 Å². The molecular weight excluding hydrogens is 292 g/mol. The molecule has 1 rings (SSSR count). The number of rotatable bonds is 6. The summed E-state index contributed by atoms with van der Waals surface area (Å²) in [6.07, 6.45) is 1.37. The molecule has 100 valence electrons. The highest BCUT2D eigenvalue weighted by Gasteiger charge is 2.14. The molecule has 0 radical (unpaired) electrons. The zero-order valence-corrected chi connectivity index (χ0v) is 12.5. The van der Waals surface area contributed by atoms with Gasteiger partial charge in [0, 0.05) is 10.9 Å². The minimum atomic E-state index is 0.0720. The molecule has 2 unspecified atom stereocenters. The number of hydrogen-bond donors (Lipinski definition) is 2. The summed E-state index contributed by atoms with van der Waals surface area (Å²) in [5, 5.41) is 3.06. The highest BCUT2D eigenvalue weighted by atomic mass is 79.9. The molecule has 4 heteroatoms. The Morgan fingerprint density at radius 2 is 2.00 bits per heavy atom. The van der Waals surface area contributed by atoms with Crippen LogP contribution in [0, 0.1) is 5.92 Å². The van der Waals surface area contributed by atoms with Crippen LogP contribution in [0.2, 0.25) is 0 Å². The minimum absolute atomic E-state index is 0.0720. The van der Waals surface area contributed by atoms with Crippen molar-refractivity contribution in [3.63, 3.8) is 0 Å². The predicted molar refractivity (Wildman–Crippen MR) is 78.2 cm³/mol. The van der Waals surface area contributed by atoms with E-state index < -0.39 is 0 Å². The summed E-state index contributed by atoms with van der Waals surface area (Å²) < 4.78 is 1.05. The number of nitrogens with one attached hydrogen (secondary N) is 1. The van der Waals surface area contributed by atoms with Gasteiger partial charge in [-0.2, -0.15) is 0 Å². The molecular formula is C14H21BrN2O. The van der Waals surface area contributed by atoms with Crippen LogP contribution < -0.4 is 11.1 Å². The van der Waals surface area contributed by atoms with Gasteiger partial charge in [0.25, 0.3) is 0 Å². The molecule has 0 aliphatic rings. The lowest BCUT2D eigenvalue weighted by molar-refractivity contribution is -0.122. The van der Waals surface area contributed by atoms with E-state index in [1.54, 1.807) is 0 Å². The lowest BCUT2D eigenvalue weighted by atomic mass is 10.0. The summed E-state index contributed by atoms with van der Waals surface area (Å²) in [6.45, 7) is 4.60. The lowest BCUT2D eigenvalue weighted by Gasteiger charge is -2.18. The van der Waals surface area contributed by atoms with Crippen molar-refractivity contribution in [2.24, 2.45) is 11.7 Å². The van der Waals surface area contributed by atoms with Crippen molar-refractivity contribution in [1.82, 2.24) is 5.32 Å². The molecule has 2 atom stereocenters. The van der Waals surface area contributed by atoms with Gasteiger partial charge in [-0.3, -0.25) is 4.79 Å². The largest absolute Gasteiger partial charge is 0.349 e. The Morgan fingerprint density at radius 3 is 2.50 bits per heavy atom. The van der Waals surface area contributed by atoms with Crippen LogP contribution in [0.3, 0.4) is 0 Å². The molecule has 0 aliphatic carbocycles. The smallest absolute Gasteiger partial charge is 0.220 e. The molecule has 0 fully saturated rings. The second-order valence-corrected chi connectivity index (χ2v) is 5.54. The van der Waals surface area contributed by atoms with Crippen LogP contribution in [-0.4, -0.2) is 12.5 Å². The van der Waals surface area contributed by atoms with Crippen LogP contribution in [0.5, 0.6) is 0 Å². The normalized spacial score (nSPS) is 14.0. The number of benzene rings is 1. The van der Waals surface area contributed by atoms with Crippen LogP contribution >= 0.6 is 15.9 Å². The van der Waals surface area contributed by atoms with E-state index in [4.69, 9.17) is 5.73 Å². The van der Waals surface area contributed by atoms with E-state index in [1.807, 2.05) is 31.2 Å². The van der Waals surface area contributed by atoms with Gasteiger partial charge >= 0.3 is 0 Å². The quantitative estimate of drug-likeness (QED) is 0.848. The van der Waals surface area contributed by atoms with E-state index >= 15 is 0 Å². The van der Waals surface area contributed by atoms with Crippen LogP contribution in [0.1, 0.15) is 38.3 Å². The van der Waals surface area contributed by atoms with Gasteiger partial charge < -0.3 is 11.1 Å². The standard InChI is InChI=1S/C14H21BrN2O/c1-3-13(11-4-6-12(15)7-5-11)17-14(18)8-10(2)9-16/h4-7,10,13H,3,8-9,16H2,1-2H3,(H,17,18). The van der Waals surface area contributed by atoms with Crippen LogP contribution in [0.15, 0.2) is 28.7 Å². The molecule has 3 nitrogen and oxygen atoms in total. The minimum Gasteiger partial charge on any atom is -0.349 e. The van der Waals surface area contributed by atoms with E-state index in [0.717, 1.165) is 16.5 Å². The Bertz CT molecular complexity index is 378. The molecule has 1 aromatic rings. The highest BCUT2D eigenvalue weighted by molar-refractivity contribution is 9.10.